The van der Waals surface area contributed by atoms with E-state index in [9.17, 15) is 10.1 Å². The number of carbonyl (C=O) groups excluding carboxylic acids is 1. The summed E-state index contributed by atoms with van der Waals surface area (Å²) in [5.74, 6) is -0.169. The van der Waals surface area contributed by atoms with E-state index in [1.54, 1.807) is 17.2 Å². The number of aromatic nitrogens is 2. The minimum Gasteiger partial charge on any atom is -0.338 e. The van der Waals surface area contributed by atoms with Gasteiger partial charge in [0.25, 0.3) is 5.91 Å². The highest BCUT2D eigenvalue weighted by Crippen LogP contribution is 2.17. The molecule has 1 saturated heterocycles. The monoisotopic (exact) mass is 266 g/mol. The maximum atomic E-state index is 12.2. The third-order valence-electron chi connectivity index (χ3n) is 3.52. The van der Waals surface area contributed by atoms with Crippen LogP contribution in [0.15, 0.2) is 30.0 Å². The molecule has 2 aromatic rings. The lowest BCUT2D eigenvalue weighted by atomic mass is 10.1. The van der Waals surface area contributed by atoms with Gasteiger partial charge in [-0.25, -0.2) is 0 Å². The van der Waals surface area contributed by atoms with E-state index >= 15 is 0 Å². The maximum absolute atomic E-state index is 12.2. The molecule has 0 spiro atoms. The first-order valence-electron chi connectivity index (χ1n) is 6.62. The normalized spacial score (nSPS) is 15.6. The summed E-state index contributed by atoms with van der Waals surface area (Å²) in [6.07, 6.45) is 5.41. The Hall–Kier alpha value is -2.61. The summed E-state index contributed by atoms with van der Waals surface area (Å²) in [7, 11) is 0. The minimum absolute atomic E-state index is 0.169. The molecule has 0 saturated carbocycles. The van der Waals surface area contributed by atoms with Crippen LogP contribution in [0.25, 0.3) is 17.0 Å². The van der Waals surface area contributed by atoms with Crippen molar-refractivity contribution in [3.63, 3.8) is 0 Å². The molecule has 1 fully saturated rings. The van der Waals surface area contributed by atoms with Gasteiger partial charge in [-0.2, -0.15) is 10.4 Å². The van der Waals surface area contributed by atoms with E-state index in [1.807, 2.05) is 24.3 Å². The Labute approximate surface area is 116 Å². The molecule has 100 valence electrons. The summed E-state index contributed by atoms with van der Waals surface area (Å²) in [4.78, 5) is 14.0. The number of nitriles is 1. The number of amides is 1. The van der Waals surface area contributed by atoms with Gasteiger partial charge < -0.3 is 4.90 Å². The smallest absolute Gasteiger partial charge is 0.264 e. The fourth-order valence-corrected chi connectivity index (χ4v) is 2.45. The molecule has 1 N–H and O–H groups in total. The first kappa shape index (κ1) is 12.4. The van der Waals surface area contributed by atoms with Crippen molar-refractivity contribution in [2.24, 2.45) is 0 Å². The molecule has 0 bridgehead atoms. The van der Waals surface area contributed by atoms with Crippen molar-refractivity contribution in [2.75, 3.05) is 13.1 Å². The Morgan fingerprint density at radius 1 is 1.40 bits per heavy atom. The zero-order valence-electron chi connectivity index (χ0n) is 11.0. The fourth-order valence-electron chi connectivity index (χ4n) is 2.45. The number of nitrogens with zero attached hydrogens (tertiary/aromatic N) is 3. The SMILES string of the molecule is N#C/C(=C\c1ccc2[nH]ncc2c1)C(=O)N1CCCC1. The van der Waals surface area contributed by atoms with Gasteiger partial charge in [0, 0.05) is 18.5 Å². The lowest BCUT2D eigenvalue weighted by Crippen LogP contribution is -2.28. The molecule has 1 amide bonds. The second-order valence-electron chi connectivity index (χ2n) is 4.89. The number of fused-ring (bicyclic) bond motifs is 1. The zero-order valence-corrected chi connectivity index (χ0v) is 11.0. The Bertz CT molecular complexity index is 717. The van der Waals surface area contributed by atoms with Gasteiger partial charge in [-0.15, -0.1) is 0 Å². The van der Waals surface area contributed by atoms with Crippen LogP contribution in [-0.2, 0) is 4.79 Å². The second-order valence-corrected chi connectivity index (χ2v) is 4.89. The highest BCUT2D eigenvalue weighted by molar-refractivity contribution is 6.02. The number of aromatic amines is 1. The lowest BCUT2D eigenvalue weighted by Gasteiger charge is -2.14. The van der Waals surface area contributed by atoms with Crippen LogP contribution in [0.2, 0.25) is 0 Å². The summed E-state index contributed by atoms with van der Waals surface area (Å²) in [5.41, 5.74) is 1.96. The Balaban J connectivity index is 1.91. The van der Waals surface area contributed by atoms with Crippen molar-refractivity contribution in [1.29, 1.82) is 5.26 Å². The zero-order chi connectivity index (χ0) is 13.9. The van der Waals surface area contributed by atoms with Gasteiger partial charge >= 0.3 is 0 Å². The first-order chi connectivity index (χ1) is 9.78. The van der Waals surface area contributed by atoms with Crippen LogP contribution in [-0.4, -0.2) is 34.1 Å². The van der Waals surface area contributed by atoms with E-state index in [4.69, 9.17) is 0 Å². The maximum Gasteiger partial charge on any atom is 0.264 e. The van der Waals surface area contributed by atoms with Crippen LogP contribution in [0.4, 0.5) is 0 Å². The van der Waals surface area contributed by atoms with Crippen molar-refractivity contribution in [2.45, 2.75) is 12.8 Å². The molecule has 0 radical (unpaired) electrons. The van der Waals surface area contributed by atoms with Crippen LogP contribution >= 0.6 is 0 Å². The fraction of sp³-hybridized carbons (Fsp3) is 0.267. The minimum atomic E-state index is -0.169. The number of H-pyrrole nitrogens is 1. The Morgan fingerprint density at radius 2 is 2.20 bits per heavy atom. The third-order valence-corrected chi connectivity index (χ3v) is 3.52. The van der Waals surface area contributed by atoms with Crippen molar-refractivity contribution < 1.29 is 4.79 Å². The number of hydrogen-bond donors (Lipinski definition) is 1. The van der Waals surface area contributed by atoms with Crippen LogP contribution in [0.1, 0.15) is 18.4 Å². The van der Waals surface area contributed by atoms with E-state index in [-0.39, 0.29) is 11.5 Å². The molecular formula is C15H14N4O. The van der Waals surface area contributed by atoms with E-state index in [0.717, 1.165) is 42.4 Å². The van der Waals surface area contributed by atoms with E-state index < -0.39 is 0 Å². The van der Waals surface area contributed by atoms with E-state index in [1.165, 1.54) is 0 Å². The summed E-state index contributed by atoms with van der Waals surface area (Å²) >= 11 is 0. The average molecular weight is 266 g/mol. The molecule has 0 atom stereocenters. The van der Waals surface area contributed by atoms with Crippen molar-refractivity contribution in [3.05, 3.63) is 35.5 Å². The Kier molecular flexibility index (Phi) is 3.21. The molecule has 3 rings (SSSR count). The van der Waals surface area contributed by atoms with Crippen LogP contribution in [0, 0.1) is 11.3 Å². The number of benzene rings is 1. The Morgan fingerprint density at radius 3 is 2.95 bits per heavy atom. The van der Waals surface area contributed by atoms with Gasteiger partial charge in [-0.05, 0) is 36.6 Å². The summed E-state index contributed by atoms with van der Waals surface area (Å²) < 4.78 is 0. The summed E-state index contributed by atoms with van der Waals surface area (Å²) in [6.45, 7) is 1.50. The highest BCUT2D eigenvalue weighted by Gasteiger charge is 2.21. The molecule has 1 aromatic carbocycles. The topological polar surface area (TPSA) is 72.8 Å². The molecule has 1 aliphatic rings. The molecule has 20 heavy (non-hydrogen) atoms. The largest absolute Gasteiger partial charge is 0.338 e. The van der Waals surface area contributed by atoms with Gasteiger partial charge in [0.2, 0.25) is 0 Å². The molecule has 5 nitrogen and oxygen atoms in total. The number of likely N-dealkylation sites (tertiary alicyclic amines) is 1. The van der Waals surface area contributed by atoms with E-state index in [0.29, 0.717) is 0 Å². The molecule has 1 aromatic heterocycles. The number of carbonyl (C=O) groups is 1. The molecule has 1 aliphatic heterocycles. The number of hydrogen-bond acceptors (Lipinski definition) is 3. The van der Waals surface area contributed by atoms with Gasteiger partial charge in [-0.3, -0.25) is 9.89 Å². The standard InChI is InChI=1S/C15H14N4O/c16-9-12(15(20)19-5-1-2-6-19)7-11-3-4-14-13(8-11)10-17-18-14/h3-4,7-8,10H,1-2,5-6H2,(H,17,18)/b12-7+. The van der Waals surface area contributed by atoms with Gasteiger partial charge in [0.1, 0.15) is 11.6 Å². The van der Waals surface area contributed by atoms with Crippen LogP contribution in [0.3, 0.4) is 0 Å². The summed E-state index contributed by atoms with van der Waals surface area (Å²) in [6, 6.07) is 7.69. The second kappa shape index (κ2) is 5.17. The molecule has 0 unspecified atom stereocenters. The highest BCUT2D eigenvalue weighted by atomic mass is 16.2. The average Bonchev–Trinajstić information content (AvgIpc) is 3.14. The predicted molar refractivity (Wildman–Crippen MR) is 75.5 cm³/mol. The van der Waals surface area contributed by atoms with Crippen LogP contribution < -0.4 is 0 Å². The van der Waals surface area contributed by atoms with E-state index in [2.05, 4.69) is 10.2 Å². The van der Waals surface area contributed by atoms with Crippen LogP contribution in [0.5, 0.6) is 0 Å². The molecule has 5 heteroatoms. The van der Waals surface area contributed by atoms with Crippen molar-refractivity contribution in [3.8, 4) is 6.07 Å². The van der Waals surface area contributed by atoms with Gasteiger partial charge in [0.05, 0.1) is 11.7 Å². The quantitative estimate of drug-likeness (QED) is 0.668. The van der Waals surface area contributed by atoms with Crippen molar-refractivity contribution in [1.82, 2.24) is 15.1 Å². The van der Waals surface area contributed by atoms with Gasteiger partial charge in [0.15, 0.2) is 0 Å². The van der Waals surface area contributed by atoms with Gasteiger partial charge in [-0.1, -0.05) is 6.07 Å². The third kappa shape index (κ3) is 2.28. The number of rotatable bonds is 2. The first-order valence-corrected chi connectivity index (χ1v) is 6.62. The molecule has 2 heterocycles. The lowest BCUT2D eigenvalue weighted by molar-refractivity contribution is -0.125. The molecular weight excluding hydrogens is 252 g/mol. The molecule has 0 aliphatic carbocycles. The summed E-state index contributed by atoms with van der Waals surface area (Å²) in [5, 5.41) is 17.0. The van der Waals surface area contributed by atoms with Crippen molar-refractivity contribution >= 4 is 22.9 Å². The number of nitrogens with one attached hydrogen (secondary N) is 1. The predicted octanol–water partition coefficient (Wildman–Crippen LogP) is 2.09.